The van der Waals surface area contributed by atoms with E-state index < -0.39 is 0 Å². The van der Waals surface area contributed by atoms with E-state index in [1.807, 2.05) is 6.92 Å². The maximum absolute atomic E-state index is 12.6. The third kappa shape index (κ3) is 2.42. The van der Waals surface area contributed by atoms with Crippen molar-refractivity contribution in [1.29, 1.82) is 0 Å². The summed E-state index contributed by atoms with van der Waals surface area (Å²) in [6.45, 7) is 1.90. The highest BCUT2D eigenvalue weighted by Crippen LogP contribution is 2.23. The lowest BCUT2D eigenvalue weighted by Gasteiger charge is -2.01. The molecule has 0 heterocycles. The maximum Gasteiger partial charge on any atom is 0.123 e. The van der Waals surface area contributed by atoms with Gasteiger partial charge < -0.3 is 0 Å². The molecule has 0 saturated carbocycles. The van der Waals surface area contributed by atoms with Crippen LogP contribution >= 0.6 is 24.4 Å². The van der Waals surface area contributed by atoms with Gasteiger partial charge >= 0.3 is 0 Å². The molecule has 0 bridgehead atoms. The minimum atomic E-state index is -0.175. The van der Waals surface area contributed by atoms with Crippen molar-refractivity contribution in [3.05, 3.63) is 29.6 Å². The van der Waals surface area contributed by atoms with Crippen LogP contribution in [-0.2, 0) is 0 Å². The van der Waals surface area contributed by atoms with E-state index in [1.54, 1.807) is 17.8 Å². The second-order valence-electron chi connectivity index (χ2n) is 2.18. The van der Waals surface area contributed by atoms with Gasteiger partial charge in [-0.1, -0.05) is 0 Å². The zero-order chi connectivity index (χ0) is 8.27. The van der Waals surface area contributed by atoms with E-state index >= 15 is 0 Å². The summed E-state index contributed by atoms with van der Waals surface area (Å²) in [7, 11) is 0. The Morgan fingerprint density at radius 2 is 2.27 bits per heavy atom. The van der Waals surface area contributed by atoms with Crippen LogP contribution in [0.2, 0.25) is 0 Å². The molecule has 0 atom stereocenters. The standard InChI is InChI=1S/C8H9FS2/c1-6-4-7(9)2-3-8(6)11-5-10/h2-4,10H,5H2,1H3. The molecule has 0 saturated heterocycles. The largest absolute Gasteiger partial charge is 0.207 e. The van der Waals surface area contributed by atoms with Gasteiger partial charge in [0.2, 0.25) is 0 Å². The molecule has 1 aromatic carbocycles. The quantitative estimate of drug-likeness (QED) is 0.423. The first kappa shape index (κ1) is 8.94. The van der Waals surface area contributed by atoms with E-state index in [0.717, 1.165) is 15.5 Å². The van der Waals surface area contributed by atoms with E-state index in [1.165, 1.54) is 12.1 Å². The summed E-state index contributed by atoms with van der Waals surface area (Å²) in [5.74, 6) is -0.175. The molecule has 11 heavy (non-hydrogen) atoms. The number of hydrogen-bond acceptors (Lipinski definition) is 2. The third-order valence-corrected chi connectivity index (χ3v) is 2.64. The minimum absolute atomic E-state index is 0.175. The van der Waals surface area contributed by atoms with E-state index in [-0.39, 0.29) is 5.82 Å². The number of benzene rings is 1. The van der Waals surface area contributed by atoms with Gasteiger partial charge in [0.1, 0.15) is 5.82 Å². The lowest BCUT2D eigenvalue weighted by atomic mass is 10.2. The average Bonchev–Trinajstić information content (AvgIpc) is 1.95. The van der Waals surface area contributed by atoms with Crippen LogP contribution in [0.4, 0.5) is 4.39 Å². The van der Waals surface area contributed by atoms with Crippen molar-refractivity contribution >= 4 is 24.4 Å². The summed E-state index contributed by atoms with van der Waals surface area (Å²) in [6, 6.07) is 4.79. The molecular formula is C8H9FS2. The summed E-state index contributed by atoms with van der Waals surface area (Å²) in [4.78, 5) is 1.10. The predicted molar refractivity (Wildman–Crippen MR) is 50.8 cm³/mol. The minimum Gasteiger partial charge on any atom is -0.207 e. The molecule has 1 aromatic rings. The summed E-state index contributed by atoms with van der Waals surface area (Å²) < 4.78 is 12.6. The molecule has 0 spiro atoms. The van der Waals surface area contributed by atoms with Gasteiger partial charge in [0, 0.05) is 9.98 Å². The van der Waals surface area contributed by atoms with E-state index in [0.29, 0.717) is 0 Å². The van der Waals surface area contributed by atoms with Crippen molar-refractivity contribution < 1.29 is 4.39 Å². The fraction of sp³-hybridized carbons (Fsp3) is 0.250. The summed E-state index contributed by atoms with van der Waals surface area (Å²) in [6.07, 6.45) is 0. The molecule has 0 aromatic heterocycles. The van der Waals surface area contributed by atoms with Crippen LogP contribution in [0.1, 0.15) is 5.56 Å². The molecule has 0 nitrogen and oxygen atoms in total. The van der Waals surface area contributed by atoms with Gasteiger partial charge in [0.25, 0.3) is 0 Å². The van der Waals surface area contributed by atoms with Crippen LogP contribution in [0.5, 0.6) is 0 Å². The predicted octanol–water partition coefficient (Wildman–Crippen LogP) is 3.11. The highest BCUT2D eigenvalue weighted by molar-refractivity contribution is 8.09. The number of thiol groups is 1. The van der Waals surface area contributed by atoms with Crippen molar-refractivity contribution in [2.45, 2.75) is 11.8 Å². The second kappa shape index (κ2) is 4.02. The monoisotopic (exact) mass is 188 g/mol. The van der Waals surface area contributed by atoms with Gasteiger partial charge in [-0.15, -0.1) is 11.8 Å². The van der Waals surface area contributed by atoms with E-state index in [4.69, 9.17) is 0 Å². The van der Waals surface area contributed by atoms with E-state index in [2.05, 4.69) is 12.6 Å². The normalized spacial score (nSPS) is 10.1. The lowest BCUT2D eigenvalue weighted by molar-refractivity contribution is 0.625. The van der Waals surface area contributed by atoms with Gasteiger partial charge in [0.05, 0.1) is 0 Å². The first-order chi connectivity index (χ1) is 5.24. The Morgan fingerprint density at radius 1 is 1.55 bits per heavy atom. The topological polar surface area (TPSA) is 0 Å². The van der Waals surface area contributed by atoms with Crippen molar-refractivity contribution in [2.75, 3.05) is 5.08 Å². The molecule has 1 rings (SSSR count). The molecule has 0 aliphatic rings. The van der Waals surface area contributed by atoms with Crippen LogP contribution < -0.4 is 0 Å². The van der Waals surface area contributed by atoms with Crippen molar-refractivity contribution in [1.82, 2.24) is 0 Å². The van der Waals surface area contributed by atoms with Crippen LogP contribution in [0.15, 0.2) is 23.1 Å². The Labute approximate surface area is 75.6 Å². The van der Waals surface area contributed by atoms with Gasteiger partial charge in [0.15, 0.2) is 0 Å². The molecule has 60 valence electrons. The van der Waals surface area contributed by atoms with Gasteiger partial charge in [-0.05, 0) is 30.7 Å². The fourth-order valence-electron chi connectivity index (χ4n) is 0.844. The molecule has 3 heteroatoms. The Kier molecular flexibility index (Phi) is 3.27. The molecule has 0 unspecified atom stereocenters. The average molecular weight is 188 g/mol. The van der Waals surface area contributed by atoms with Crippen LogP contribution in [0.25, 0.3) is 0 Å². The van der Waals surface area contributed by atoms with Crippen molar-refractivity contribution in [3.63, 3.8) is 0 Å². The van der Waals surface area contributed by atoms with Gasteiger partial charge in [-0.3, -0.25) is 0 Å². The van der Waals surface area contributed by atoms with E-state index in [9.17, 15) is 4.39 Å². The third-order valence-electron chi connectivity index (χ3n) is 1.36. The van der Waals surface area contributed by atoms with Crippen molar-refractivity contribution in [3.8, 4) is 0 Å². The summed E-state index contributed by atoms with van der Waals surface area (Å²) in [5, 5.41) is 0.729. The van der Waals surface area contributed by atoms with Crippen LogP contribution in [0, 0.1) is 12.7 Å². The lowest BCUT2D eigenvalue weighted by Crippen LogP contribution is -1.81. The molecular weight excluding hydrogens is 179 g/mol. The number of hydrogen-bond donors (Lipinski definition) is 1. The number of aryl methyl sites for hydroxylation is 1. The maximum atomic E-state index is 12.6. The highest BCUT2D eigenvalue weighted by atomic mass is 32.2. The van der Waals surface area contributed by atoms with Gasteiger partial charge in [-0.25, -0.2) is 4.39 Å². The van der Waals surface area contributed by atoms with Gasteiger partial charge in [-0.2, -0.15) is 12.6 Å². The molecule has 0 aliphatic carbocycles. The Balaban J connectivity index is 2.90. The van der Waals surface area contributed by atoms with Crippen LogP contribution in [-0.4, -0.2) is 5.08 Å². The zero-order valence-corrected chi connectivity index (χ0v) is 7.88. The second-order valence-corrected chi connectivity index (χ2v) is 3.94. The molecule has 0 radical (unpaired) electrons. The molecule has 0 fully saturated rings. The Hall–Kier alpha value is -0.150. The first-order valence-corrected chi connectivity index (χ1v) is 4.85. The highest BCUT2D eigenvalue weighted by Gasteiger charge is 1.98. The molecule has 0 N–H and O–H groups in total. The molecule has 0 amide bonds. The fourth-order valence-corrected chi connectivity index (χ4v) is 1.85. The first-order valence-electron chi connectivity index (χ1n) is 3.24. The summed E-state index contributed by atoms with van der Waals surface area (Å²) >= 11 is 5.68. The summed E-state index contributed by atoms with van der Waals surface area (Å²) in [5.41, 5.74) is 0.976. The number of halogens is 1. The van der Waals surface area contributed by atoms with Crippen molar-refractivity contribution in [2.24, 2.45) is 0 Å². The number of thioether (sulfide) groups is 1. The smallest absolute Gasteiger partial charge is 0.123 e. The Morgan fingerprint density at radius 3 is 2.82 bits per heavy atom. The number of rotatable bonds is 2. The van der Waals surface area contributed by atoms with Crippen LogP contribution in [0.3, 0.4) is 0 Å². The molecule has 0 aliphatic heterocycles. The SMILES string of the molecule is Cc1cc(F)ccc1SCS. The Bertz CT molecular complexity index is 248. The zero-order valence-electron chi connectivity index (χ0n) is 6.17.